The lowest BCUT2D eigenvalue weighted by Crippen LogP contribution is -2.61. The van der Waals surface area contributed by atoms with Gasteiger partial charge in [0, 0.05) is 29.6 Å². The Labute approximate surface area is 214 Å². The van der Waals surface area contributed by atoms with E-state index < -0.39 is 11.6 Å². The number of para-hydroxylation sites is 1. The molecule has 0 spiro atoms. The maximum atomic E-state index is 13.8. The molecule has 1 aromatic heterocycles. The second-order valence-electron chi connectivity index (χ2n) is 12.5. The summed E-state index contributed by atoms with van der Waals surface area (Å²) in [6, 6.07) is 8.29. The first kappa shape index (κ1) is 23.9. The van der Waals surface area contributed by atoms with Gasteiger partial charge in [-0.05, 0) is 87.2 Å². The number of carbonyl (C=O) groups excluding carboxylic acids is 2. The van der Waals surface area contributed by atoms with Crippen molar-refractivity contribution in [2.75, 3.05) is 0 Å². The predicted octanol–water partition coefficient (Wildman–Crippen LogP) is 5.86. The molecule has 5 aliphatic carbocycles. The van der Waals surface area contributed by atoms with Gasteiger partial charge >= 0.3 is 6.09 Å². The Hall–Kier alpha value is -2.50. The molecule has 194 valence electrons. The number of H-pyrrole nitrogens is 1. The van der Waals surface area contributed by atoms with E-state index in [1.807, 2.05) is 31.3 Å². The minimum atomic E-state index is -1.10. The molecule has 3 N–H and O–H groups in total. The molecule has 0 unspecified atom stereocenters. The van der Waals surface area contributed by atoms with Crippen molar-refractivity contribution >= 4 is 22.9 Å². The first-order valence-corrected chi connectivity index (χ1v) is 14.3. The number of nitrogens with one attached hydrogen (secondary N) is 3. The zero-order valence-corrected chi connectivity index (χ0v) is 21.6. The molecule has 5 aliphatic rings. The van der Waals surface area contributed by atoms with E-state index in [2.05, 4.69) is 21.7 Å². The van der Waals surface area contributed by atoms with E-state index in [1.54, 1.807) is 0 Å². The van der Waals surface area contributed by atoms with E-state index in [0.29, 0.717) is 18.3 Å². The number of fused-ring (bicyclic) bond motifs is 1. The van der Waals surface area contributed by atoms with Gasteiger partial charge in [-0.15, -0.1) is 0 Å². The molecule has 0 radical (unpaired) electrons. The lowest BCUT2D eigenvalue weighted by Gasteiger charge is -2.53. The summed E-state index contributed by atoms with van der Waals surface area (Å²) in [4.78, 5) is 30.5. The van der Waals surface area contributed by atoms with Crippen LogP contribution in [0.1, 0.15) is 83.1 Å². The Balaban J connectivity index is 1.20. The van der Waals surface area contributed by atoms with Gasteiger partial charge < -0.3 is 20.4 Å². The normalized spacial score (nSPS) is 31.5. The van der Waals surface area contributed by atoms with Crippen LogP contribution in [-0.2, 0) is 16.0 Å². The van der Waals surface area contributed by atoms with Gasteiger partial charge in [-0.1, -0.05) is 43.9 Å². The molecule has 1 heterocycles. The van der Waals surface area contributed by atoms with Crippen molar-refractivity contribution in [1.82, 2.24) is 15.6 Å². The smallest absolute Gasteiger partial charge is 0.408 e. The molecule has 5 fully saturated rings. The van der Waals surface area contributed by atoms with Crippen molar-refractivity contribution in [3.8, 4) is 0 Å². The number of alkyl carbamates (subject to hydrolysis) is 1. The number of benzene rings is 1. The summed E-state index contributed by atoms with van der Waals surface area (Å²) in [6.07, 6.45) is 14.8. The number of amides is 2. The van der Waals surface area contributed by atoms with Crippen LogP contribution in [0.25, 0.3) is 10.9 Å². The molecule has 4 bridgehead atoms. The minimum absolute atomic E-state index is 0.0000527. The summed E-state index contributed by atoms with van der Waals surface area (Å²) in [6.45, 7) is 1.86. The number of aromatic nitrogens is 1. The number of aromatic amines is 1. The fourth-order valence-electron chi connectivity index (χ4n) is 8.05. The third-order valence-electron chi connectivity index (χ3n) is 9.67. The Kier molecular flexibility index (Phi) is 6.47. The SMILES string of the molecule is C[C@](Cc1c[nH]c2ccccc12)(NC(=O)OC1C2CC3CC(C2)CC1C3)C(=O)NC1CCCCCC1. The lowest BCUT2D eigenvalue weighted by molar-refractivity contribution is -0.128. The van der Waals surface area contributed by atoms with E-state index >= 15 is 0 Å². The molecular formula is C30H41N3O3. The molecule has 36 heavy (non-hydrogen) atoms. The maximum Gasteiger partial charge on any atom is 0.408 e. The van der Waals surface area contributed by atoms with Crippen LogP contribution in [0.5, 0.6) is 0 Å². The van der Waals surface area contributed by atoms with Gasteiger partial charge in [-0.25, -0.2) is 4.79 Å². The monoisotopic (exact) mass is 491 g/mol. The molecule has 7 rings (SSSR count). The molecule has 1 aromatic carbocycles. The Bertz CT molecular complexity index is 1070. The molecular weight excluding hydrogens is 450 g/mol. The van der Waals surface area contributed by atoms with Gasteiger partial charge in [0.2, 0.25) is 5.91 Å². The Morgan fingerprint density at radius 2 is 1.64 bits per heavy atom. The number of hydrogen-bond donors (Lipinski definition) is 3. The van der Waals surface area contributed by atoms with Crippen LogP contribution in [0.2, 0.25) is 0 Å². The quantitative estimate of drug-likeness (QED) is 0.443. The van der Waals surface area contributed by atoms with Crippen LogP contribution in [0.15, 0.2) is 30.5 Å². The zero-order valence-electron chi connectivity index (χ0n) is 21.6. The van der Waals surface area contributed by atoms with Crippen LogP contribution in [0.3, 0.4) is 0 Å². The molecule has 2 aromatic rings. The molecule has 6 nitrogen and oxygen atoms in total. The standard InChI is InChI=1S/C30H41N3O3/c1-30(28(34)32-24-8-4-2-3-5-9-24,17-23-18-31-26-11-7-6-10-25(23)26)33-29(35)36-27-21-13-19-12-20(15-21)16-22(27)14-19/h6-7,10-11,18-22,24,27,31H,2-5,8-9,12-17H2,1H3,(H,32,34)(H,33,35)/t19?,20?,21?,22?,27?,30-/m1/s1. The zero-order chi connectivity index (χ0) is 24.7. The number of rotatable bonds is 6. The molecule has 1 atom stereocenters. The second kappa shape index (κ2) is 9.75. The molecule has 2 amide bonds. The summed E-state index contributed by atoms with van der Waals surface area (Å²) in [5.41, 5.74) is 0.967. The highest BCUT2D eigenvalue weighted by atomic mass is 16.6. The first-order chi connectivity index (χ1) is 17.5. The average molecular weight is 492 g/mol. The van der Waals surface area contributed by atoms with Crippen molar-refractivity contribution in [3.63, 3.8) is 0 Å². The van der Waals surface area contributed by atoms with E-state index in [9.17, 15) is 9.59 Å². The molecule has 5 saturated carbocycles. The number of hydrogen-bond acceptors (Lipinski definition) is 3. The third-order valence-corrected chi connectivity index (χ3v) is 9.67. The van der Waals surface area contributed by atoms with Crippen LogP contribution < -0.4 is 10.6 Å². The van der Waals surface area contributed by atoms with Crippen LogP contribution in [-0.4, -0.2) is 34.7 Å². The Morgan fingerprint density at radius 1 is 0.972 bits per heavy atom. The summed E-state index contributed by atoms with van der Waals surface area (Å²) in [5, 5.41) is 7.46. The van der Waals surface area contributed by atoms with Gasteiger partial charge in [-0.3, -0.25) is 4.79 Å². The second-order valence-corrected chi connectivity index (χ2v) is 12.5. The van der Waals surface area contributed by atoms with Crippen LogP contribution >= 0.6 is 0 Å². The van der Waals surface area contributed by atoms with Crippen LogP contribution in [0.4, 0.5) is 4.79 Å². The van der Waals surface area contributed by atoms with Crippen molar-refractivity contribution in [1.29, 1.82) is 0 Å². The Morgan fingerprint density at radius 3 is 2.33 bits per heavy atom. The summed E-state index contributed by atoms with van der Waals surface area (Å²) in [5.74, 6) is 2.53. The van der Waals surface area contributed by atoms with Gasteiger partial charge in [0.25, 0.3) is 0 Å². The molecule has 6 heteroatoms. The molecule has 0 saturated heterocycles. The van der Waals surface area contributed by atoms with Crippen molar-refractivity contribution in [3.05, 3.63) is 36.0 Å². The topological polar surface area (TPSA) is 83.2 Å². The third kappa shape index (κ3) is 4.76. The van der Waals surface area contributed by atoms with E-state index in [1.165, 1.54) is 44.9 Å². The van der Waals surface area contributed by atoms with Crippen LogP contribution in [0, 0.1) is 23.7 Å². The average Bonchev–Trinajstić information content (AvgIpc) is 3.06. The van der Waals surface area contributed by atoms with Crippen molar-refractivity contribution < 1.29 is 14.3 Å². The fraction of sp³-hybridized carbons (Fsp3) is 0.667. The predicted molar refractivity (Wildman–Crippen MR) is 140 cm³/mol. The summed E-state index contributed by atoms with van der Waals surface area (Å²) < 4.78 is 6.15. The van der Waals surface area contributed by atoms with E-state index in [0.717, 1.165) is 54.0 Å². The van der Waals surface area contributed by atoms with Gasteiger partial charge in [0.1, 0.15) is 11.6 Å². The molecule has 0 aliphatic heterocycles. The van der Waals surface area contributed by atoms with E-state index in [-0.39, 0.29) is 18.1 Å². The van der Waals surface area contributed by atoms with Gasteiger partial charge in [-0.2, -0.15) is 0 Å². The lowest BCUT2D eigenvalue weighted by atomic mass is 9.55. The van der Waals surface area contributed by atoms with Crippen molar-refractivity contribution in [2.45, 2.75) is 102 Å². The fourth-order valence-corrected chi connectivity index (χ4v) is 8.05. The highest BCUT2D eigenvalue weighted by Crippen LogP contribution is 2.54. The van der Waals surface area contributed by atoms with Gasteiger partial charge in [0.05, 0.1) is 0 Å². The van der Waals surface area contributed by atoms with E-state index in [4.69, 9.17) is 4.74 Å². The highest BCUT2D eigenvalue weighted by molar-refractivity contribution is 5.91. The first-order valence-electron chi connectivity index (χ1n) is 14.3. The number of ether oxygens (including phenoxy) is 1. The minimum Gasteiger partial charge on any atom is -0.446 e. The summed E-state index contributed by atoms with van der Waals surface area (Å²) in [7, 11) is 0. The van der Waals surface area contributed by atoms with Crippen molar-refractivity contribution in [2.24, 2.45) is 23.7 Å². The largest absolute Gasteiger partial charge is 0.446 e. The van der Waals surface area contributed by atoms with Gasteiger partial charge in [0.15, 0.2) is 0 Å². The highest BCUT2D eigenvalue weighted by Gasteiger charge is 2.50. The maximum absolute atomic E-state index is 13.8. The summed E-state index contributed by atoms with van der Waals surface area (Å²) >= 11 is 0. The number of carbonyl (C=O) groups is 2.